The Morgan fingerprint density at radius 1 is 1.17 bits per heavy atom. The van der Waals surface area contributed by atoms with Gasteiger partial charge in [0.1, 0.15) is 0 Å². The summed E-state index contributed by atoms with van der Waals surface area (Å²) in [4.78, 5) is 22.9. The number of nitrogens with one attached hydrogen (secondary N) is 3. The van der Waals surface area contributed by atoms with Crippen LogP contribution in [0.5, 0.6) is 0 Å². The number of carbonyl (C=O) groups excluding carboxylic acids is 2. The minimum Gasteiger partial charge on any atom is -0.353 e. The molecule has 1 aliphatic carbocycles. The summed E-state index contributed by atoms with van der Waals surface area (Å²) < 4.78 is 0. The molecule has 0 radical (unpaired) electrons. The highest BCUT2D eigenvalue weighted by Gasteiger charge is 2.16. The molecule has 0 heterocycles. The lowest BCUT2D eigenvalue weighted by Gasteiger charge is -2.12. The number of carbonyl (C=O) groups is 2. The van der Waals surface area contributed by atoms with Gasteiger partial charge in [0.15, 0.2) is 0 Å². The van der Waals surface area contributed by atoms with Gasteiger partial charge in [-0.3, -0.25) is 4.79 Å². The lowest BCUT2D eigenvalue weighted by atomic mass is 10.2. The maximum atomic E-state index is 11.6. The smallest absolute Gasteiger partial charge is 0.314 e. The van der Waals surface area contributed by atoms with Crippen molar-refractivity contribution in [3.63, 3.8) is 0 Å². The van der Waals surface area contributed by atoms with Crippen LogP contribution in [0.2, 0.25) is 0 Å². The fourth-order valence-corrected chi connectivity index (χ4v) is 2.02. The van der Waals surface area contributed by atoms with Crippen LogP contribution in [0.15, 0.2) is 0 Å². The lowest BCUT2D eigenvalue weighted by Crippen LogP contribution is -2.40. The van der Waals surface area contributed by atoms with E-state index in [1.54, 1.807) is 0 Å². The van der Waals surface area contributed by atoms with Crippen molar-refractivity contribution in [3.8, 4) is 0 Å². The molecule has 0 spiro atoms. The Labute approximate surface area is 109 Å². The second-order valence-electron chi connectivity index (χ2n) is 5.33. The first-order valence-corrected chi connectivity index (χ1v) is 6.89. The fourth-order valence-electron chi connectivity index (χ4n) is 2.02. The minimum atomic E-state index is -0.197. The van der Waals surface area contributed by atoms with Crippen LogP contribution in [0.1, 0.15) is 46.0 Å². The van der Waals surface area contributed by atoms with Gasteiger partial charge in [0.05, 0.1) is 0 Å². The summed E-state index contributed by atoms with van der Waals surface area (Å²) >= 11 is 0. The average Bonchev–Trinajstić information content (AvgIpc) is 2.79. The number of hydrogen-bond acceptors (Lipinski definition) is 2. The van der Waals surface area contributed by atoms with Crippen LogP contribution < -0.4 is 16.0 Å². The van der Waals surface area contributed by atoms with Gasteiger partial charge in [-0.15, -0.1) is 0 Å². The molecule has 18 heavy (non-hydrogen) atoms. The molecule has 0 bridgehead atoms. The largest absolute Gasteiger partial charge is 0.353 e. The number of urea groups is 1. The minimum absolute atomic E-state index is 0.0334. The van der Waals surface area contributed by atoms with Crippen molar-refractivity contribution in [2.75, 3.05) is 13.1 Å². The molecule has 5 nitrogen and oxygen atoms in total. The summed E-state index contributed by atoms with van der Waals surface area (Å²) in [6.07, 6.45) is 4.95. The first-order valence-electron chi connectivity index (χ1n) is 6.89. The zero-order valence-corrected chi connectivity index (χ0v) is 11.4. The van der Waals surface area contributed by atoms with E-state index in [0.717, 1.165) is 12.8 Å². The van der Waals surface area contributed by atoms with Crippen LogP contribution in [0.25, 0.3) is 0 Å². The van der Waals surface area contributed by atoms with E-state index in [1.165, 1.54) is 12.8 Å². The Balaban J connectivity index is 2.02. The molecule has 3 amide bonds. The molecule has 0 aromatic rings. The molecule has 5 heteroatoms. The van der Waals surface area contributed by atoms with Gasteiger partial charge in [-0.25, -0.2) is 4.79 Å². The molecule has 0 aliphatic heterocycles. The number of rotatable bonds is 6. The lowest BCUT2D eigenvalue weighted by molar-refractivity contribution is -0.121. The second kappa shape index (κ2) is 7.95. The van der Waals surface area contributed by atoms with E-state index < -0.39 is 0 Å². The van der Waals surface area contributed by atoms with Gasteiger partial charge in [-0.05, 0) is 18.8 Å². The fraction of sp³-hybridized carbons (Fsp3) is 0.846. The summed E-state index contributed by atoms with van der Waals surface area (Å²) in [5.74, 6) is 0.465. The molecular weight excluding hydrogens is 230 g/mol. The van der Waals surface area contributed by atoms with Crippen molar-refractivity contribution >= 4 is 11.9 Å². The molecule has 1 rings (SSSR count). The first kappa shape index (κ1) is 14.8. The predicted octanol–water partition coefficient (Wildman–Crippen LogP) is 1.39. The summed E-state index contributed by atoms with van der Waals surface area (Å²) in [6, 6.07) is 0.157. The second-order valence-corrected chi connectivity index (χ2v) is 5.33. The van der Waals surface area contributed by atoms with Crippen molar-refractivity contribution in [1.29, 1.82) is 0 Å². The van der Waals surface area contributed by atoms with E-state index in [1.807, 2.05) is 13.8 Å². The maximum absolute atomic E-state index is 11.6. The van der Waals surface area contributed by atoms with E-state index in [2.05, 4.69) is 16.0 Å². The molecule has 0 atom stereocenters. The summed E-state index contributed by atoms with van der Waals surface area (Å²) in [7, 11) is 0. The predicted molar refractivity (Wildman–Crippen MR) is 71.3 cm³/mol. The van der Waals surface area contributed by atoms with Gasteiger partial charge >= 0.3 is 6.03 Å². The summed E-state index contributed by atoms with van der Waals surface area (Å²) in [5.41, 5.74) is 0. The van der Waals surface area contributed by atoms with Crippen molar-refractivity contribution in [2.24, 2.45) is 5.92 Å². The van der Waals surface area contributed by atoms with E-state index in [0.29, 0.717) is 31.5 Å². The van der Waals surface area contributed by atoms with Crippen LogP contribution in [0, 0.1) is 5.92 Å². The molecule has 104 valence electrons. The van der Waals surface area contributed by atoms with Crippen LogP contribution in [-0.2, 0) is 4.79 Å². The third kappa shape index (κ3) is 6.47. The third-order valence-corrected chi connectivity index (χ3v) is 3.03. The monoisotopic (exact) mass is 255 g/mol. The molecule has 0 unspecified atom stereocenters. The summed E-state index contributed by atoms with van der Waals surface area (Å²) in [6.45, 7) is 5.12. The quantitative estimate of drug-likeness (QED) is 0.671. The summed E-state index contributed by atoms with van der Waals surface area (Å²) in [5, 5.41) is 8.42. The number of hydrogen-bond donors (Lipinski definition) is 3. The zero-order valence-electron chi connectivity index (χ0n) is 11.4. The van der Waals surface area contributed by atoms with Crippen molar-refractivity contribution in [1.82, 2.24) is 16.0 Å². The highest BCUT2D eigenvalue weighted by Crippen LogP contribution is 2.17. The van der Waals surface area contributed by atoms with Crippen molar-refractivity contribution < 1.29 is 9.59 Å². The van der Waals surface area contributed by atoms with E-state index in [9.17, 15) is 9.59 Å². The Hall–Kier alpha value is -1.26. The molecule has 0 aromatic heterocycles. The topological polar surface area (TPSA) is 70.2 Å². The van der Waals surface area contributed by atoms with Gasteiger partial charge in [0, 0.05) is 25.6 Å². The van der Waals surface area contributed by atoms with E-state index >= 15 is 0 Å². The standard InChI is InChI=1S/C13H25N3O2/c1-10(2)9-15-13(18)14-8-7-12(17)16-11-5-3-4-6-11/h10-11H,3-9H2,1-2H3,(H,16,17)(H2,14,15,18). The van der Waals surface area contributed by atoms with Crippen LogP contribution in [0.4, 0.5) is 4.79 Å². The van der Waals surface area contributed by atoms with Gasteiger partial charge in [0.2, 0.25) is 5.91 Å². The molecule has 0 saturated heterocycles. The van der Waals surface area contributed by atoms with Crippen molar-refractivity contribution in [3.05, 3.63) is 0 Å². The number of amides is 3. The molecule has 1 aliphatic rings. The normalized spacial score (nSPS) is 15.7. The molecule has 0 aromatic carbocycles. The molecule has 3 N–H and O–H groups in total. The molecule has 1 saturated carbocycles. The Morgan fingerprint density at radius 2 is 1.83 bits per heavy atom. The average molecular weight is 255 g/mol. The zero-order chi connectivity index (χ0) is 13.4. The van der Waals surface area contributed by atoms with Crippen LogP contribution in [0.3, 0.4) is 0 Å². The Bertz CT molecular complexity index is 273. The van der Waals surface area contributed by atoms with Gasteiger partial charge in [-0.2, -0.15) is 0 Å². The third-order valence-electron chi connectivity index (χ3n) is 3.03. The van der Waals surface area contributed by atoms with E-state index in [4.69, 9.17) is 0 Å². The van der Waals surface area contributed by atoms with Crippen molar-refractivity contribution in [2.45, 2.75) is 52.0 Å². The maximum Gasteiger partial charge on any atom is 0.314 e. The van der Waals surface area contributed by atoms with E-state index in [-0.39, 0.29) is 11.9 Å². The van der Waals surface area contributed by atoms with Crippen LogP contribution in [-0.4, -0.2) is 31.1 Å². The van der Waals surface area contributed by atoms with Gasteiger partial charge < -0.3 is 16.0 Å². The first-order chi connectivity index (χ1) is 8.58. The molecule has 1 fully saturated rings. The Morgan fingerprint density at radius 3 is 2.44 bits per heavy atom. The highest BCUT2D eigenvalue weighted by molar-refractivity contribution is 5.78. The van der Waals surface area contributed by atoms with Gasteiger partial charge in [0.25, 0.3) is 0 Å². The molecular formula is C13H25N3O2. The van der Waals surface area contributed by atoms with Gasteiger partial charge in [-0.1, -0.05) is 26.7 Å². The SMILES string of the molecule is CC(C)CNC(=O)NCCC(=O)NC1CCCC1. The highest BCUT2D eigenvalue weighted by atomic mass is 16.2. The Kier molecular flexibility index (Phi) is 6.54. The van der Waals surface area contributed by atoms with Crippen LogP contribution >= 0.6 is 0 Å².